The predicted octanol–water partition coefficient (Wildman–Crippen LogP) is 13.3. The minimum absolute atomic E-state index is 0.0362. The third kappa shape index (κ3) is 59.8. The van der Waals surface area contributed by atoms with E-state index >= 15 is 0 Å². The molecule has 0 saturated carbocycles. The Morgan fingerprint density at radius 1 is 0.296 bits per heavy atom. The molecule has 0 fully saturated rings. The molecule has 0 aromatic heterocycles. The van der Waals surface area contributed by atoms with E-state index in [1.807, 2.05) is 44.5 Å². The number of carbonyl (C=O) groups is 8. The molecule has 0 saturated heterocycles. The zero-order chi connectivity index (χ0) is 72.3. The Hall–Kier alpha value is -5.04. The van der Waals surface area contributed by atoms with E-state index in [2.05, 4.69) is 130 Å². The molecule has 19 nitrogen and oxygen atoms in total. The van der Waals surface area contributed by atoms with Crippen molar-refractivity contribution in [3.63, 3.8) is 0 Å². The van der Waals surface area contributed by atoms with Crippen LogP contribution >= 0.6 is 47.0 Å². The second kappa shape index (κ2) is 67.8. The Bertz CT molecular complexity index is 2060. The van der Waals surface area contributed by atoms with Gasteiger partial charge < -0.3 is 52.6 Å². The Morgan fingerprint density at radius 3 is 0.735 bits per heavy atom. The second-order valence-corrected chi connectivity index (χ2v) is 27.6. The highest BCUT2D eigenvalue weighted by Crippen LogP contribution is 2.15. The van der Waals surface area contributed by atoms with Crippen LogP contribution in [-0.2, 0) is 76.3 Å². The number of rotatable bonds is 64. The zero-order valence-electron chi connectivity index (χ0n) is 60.9. The van der Waals surface area contributed by atoms with Crippen LogP contribution in [0.1, 0.15) is 145 Å². The number of thioether (sulfide) groups is 4. The third-order valence-electron chi connectivity index (χ3n) is 14.2. The molecule has 0 aliphatic carbocycles. The van der Waals surface area contributed by atoms with Crippen LogP contribution in [0.2, 0.25) is 0 Å². The largest absolute Gasteiger partial charge is 0.462 e. The summed E-state index contributed by atoms with van der Waals surface area (Å²) in [6.45, 7) is 18.7. The van der Waals surface area contributed by atoms with Crippen molar-refractivity contribution in [3.8, 4) is 0 Å². The topological polar surface area (TPSA) is 220 Å². The quantitative estimate of drug-likeness (QED) is 0.0239. The van der Waals surface area contributed by atoms with Gasteiger partial charge in [0.1, 0.15) is 52.9 Å². The van der Waals surface area contributed by atoms with Crippen LogP contribution in [0.25, 0.3) is 0 Å². The molecule has 0 amide bonds. The molecule has 0 N–H and O–H groups in total. The average Bonchev–Trinajstić information content (AvgIpc) is 1.52. The van der Waals surface area contributed by atoms with E-state index in [1.54, 1.807) is 47.0 Å². The number of hydrogen-bond acceptors (Lipinski definition) is 23. The monoisotopic (exact) mass is 1450 g/mol. The molecular weight excluding hydrogens is 1330 g/mol. The van der Waals surface area contributed by atoms with Crippen LogP contribution in [-0.4, -0.2) is 221 Å². The Morgan fingerprint density at radius 2 is 0.510 bits per heavy atom. The number of hydrogen-bond donors (Lipinski definition) is 0. The number of esters is 8. The van der Waals surface area contributed by atoms with Crippen molar-refractivity contribution in [2.45, 2.75) is 145 Å². The number of ether oxygens (including phenoxy) is 8. The van der Waals surface area contributed by atoms with Crippen LogP contribution in [0.5, 0.6) is 0 Å². The lowest BCUT2D eigenvalue weighted by molar-refractivity contribution is -0.154. The van der Waals surface area contributed by atoms with Crippen molar-refractivity contribution < 1.29 is 76.3 Å². The van der Waals surface area contributed by atoms with Gasteiger partial charge in [0.05, 0.1) is 49.4 Å². The van der Waals surface area contributed by atoms with E-state index in [1.165, 1.54) is 0 Å². The van der Waals surface area contributed by atoms with Crippen LogP contribution in [0.4, 0.5) is 0 Å². The molecule has 0 aliphatic rings. The Kier molecular flexibility index (Phi) is 64.3. The van der Waals surface area contributed by atoms with Gasteiger partial charge >= 0.3 is 47.8 Å². The van der Waals surface area contributed by atoms with Gasteiger partial charge in [-0.05, 0) is 97.4 Å². The molecule has 558 valence electrons. The Balaban J connectivity index is 5.59. The summed E-state index contributed by atoms with van der Waals surface area (Å²) in [5.41, 5.74) is 0. The third-order valence-corrected chi connectivity index (χ3v) is 18.9. The molecule has 0 aliphatic heterocycles. The summed E-state index contributed by atoms with van der Waals surface area (Å²) in [6, 6.07) is 0. The molecule has 98 heavy (non-hydrogen) atoms. The van der Waals surface area contributed by atoms with Crippen molar-refractivity contribution in [2.24, 2.45) is 23.7 Å². The first-order valence-electron chi connectivity index (χ1n) is 35.4. The predicted molar refractivity (Wildman–Crippen MR) is 404 cm³/mol. The first-order chi connectivity index (χ1) is 47.5. The molecule has 0 heterocycles. The summed E-state index contributed by atoms with van der Waals surface area (Å²) in [7, 11) is 1.99. The van der Waals surface area contributed by atoms with E-state index in [0.29, 0.717) is 88.2 Å². The highest BCUT2D eigenvalue weighted by Gasteiger charge is 2.20. The molecule has 0 aromatic rings. The van der Waals surface area contributed by atoms with Crippen LogP contribution in [0.3, 0.4) is 0 Å². The van der Waals surface area contributed by atoms with Gasteiger partial charge in [0.25, 0.3) is 0 Å². The first-order valence-corrected chi connectivity index (χ1v) is 40.0. The van der Waals surface area contributed by atoms with Gasteiger partial charge in [-0.1, -0.05) is 153 Å². The first kappa shape index (κ1) is 93.0. The highest BCUT2D eigenvalue weighted by molar-refractivity contribution is 8.00. The van der Waals surface area contributed by atoms with E-state index in [-0.39, 0.29) is 126 Å². The van der Waals surface area contributed by atoms with Gasteiger partial charge in [-0.25, -0.2) is 0 Å². The summed E-state index contributed by atoms with van der Waals surface area (Å²) < 4.78 is 43.3. The maximum absolute atomic E-state index is 13.0. The standard InChI is InChI=1S/C75H123N3O16S4/c1-10-14-18-22-26-30-56-95-60-64(5)72(83)91-52-48-87-68(79)36-44-77(45-37-69(80)88-49-53-92-73(84)65(6)61-96-57-31-27-23-19-15-11-2)42-34-40-76(9)41-35-43-78(46-38-70(81)89-50-54-93-74(85)66(7)62-97-58-32-28-24-20-16-12-3)47-39-71(82)90-51-55-94-75(86)67(8)63-98-59-33-29-25-21-17-13-4/h14-21,26-33,64-67H,10-13,22-25,34-63H2,1-9H3/b18-14-,19-15-,20-16-,21-17-,30-26-,31-27-,32-28-,33-29-. The van der Waals surface area contributed by atoms with Crippen molar-refractivity contribution in [1.29, 1.82) is 0 Å². The number of nitrogens with zero attached hydrogens (tertiary/aromatic N) is 3. The molecule has 0 radical (unpaired) electrons. The number of allylic oxidation sites excluding steroid dienone is 12. The van der Waals surface area contributed by atoms with E-state index in [4.69, 9.17) is 37.9 Å². The fraction of sp³-hybridized carbons (Fsp3) is 0.680. The van der Waals surface area contributed by atoms with Gasteiger partial charge in [0.15, 0.2) is 0 Å². The van der Waals surface area contributed by atoms with E-state index in [9.17, 15) is 38.4 Å². The van der Waals surface area contributed by atoms with Crippen molar-refractivity contribution in [1.82, 2.24) is 14.7 Å². The van der Waals surface area contributed by atoms with Gasteiger partial charge in [0, 0.05) is 72.2 Å². The molecular formula is C75H123N3O16S4. The van der Waals surface area contributed by atoms with Gasteiger partial charge in [0.2, 0.25) is 0 Å². The normalized spacial score (nSPS) is 13.3. The molecule has 0 aromatic carbocycles. The molecule has 4 atom stereocenters. The maximum atomic E-state index is 13.0. The molecule has 0 rings (SSSR count). The molecule has 4 unspecified atom stereocenters. The summed E-state index contributed by atoms with van der Waals surface area (Å²) in [5, 5.41) is 0. The fourth-order valence-electron chi connectivity index (χ4n) is 8.50. The van der Waals surface area contributed by atoms with Crippen molar-refractivity contribution >= 4 is 94.8 Å². The summed E-state index contributed by atoms with van der Waals surface area (Å²) in [6.07, 6.45) is 42.8. The summed E-state index contributed by atoms with van der Waals surface area (Å²) in [5.74, 6) is 1.06. The maximum Gasteiger partial charge on any atom is 0.309 e. The van der Waals surface area contributed by atoms with Gasteiger partial charge in [-0.3, -0.25) is 38.4 Å². The number of carbonyl (C=O) groups excluding carboxylic acids is 8. The van der Waals surface area contributed by atoms with Gasteiger partial charge in [-0.15, -0.1) is 0 Å². The molecule has 0 bridgehead atoms. The molecule has 0 spiro atoms. The zero-order valence-corrected chi connectivity index (χ0v) is 64.2. The van der Waals surface area contributed by atoms with Crippen LogP contribution in [0, 0.1) is 23.7 Å². The van der Waals surface area contributed by atoms with E-state index < -0.39 is 23.9 Å². The lowest BCUT2D eigenvalue weighted by atomic mass is 10.2. The lowest BCUT2D eigenvalue weighted by Gasteiger charge is -2.25. The Labute approximate surface area is 606 Å². The summed E-state index contributed by atoms with van der Waals surface area (Å²) in [4.78, 5) is 108. The highest BCUT2D eigenvalue weighted by atomic mass is 32.2. The lowest BCUT2D eigenvalue weighted by Crippen LogP contribution is -2.34. The minimum Gasteiger partial charge on any atom is -0.462 e. The van der Waals surface area contributed by atoms with Crippen LogP contribution < -0.4 is 0 Å². The van der Waals surface area contributed by atoms with Crippen molar-refractivity contribution in [2.75, 3.05) is 158 Å². The second-order valence-electron chi connectivity index (χ2n) is 23.3. The van der Waals surface area contributed by atoms with Crippen LogP contribution in [0.15, 0.2) is 97.2 Å². The SMILES string of the molecule is CC/C=C\C/C=C\CSCC(C)C(=O)OCCOC(=O)CCN(CCCN(C)CCCN(CCC(=O)OCCOC(=O)C(C)CSC/C=C\C/C=C\CC)CCC(=O)OCCOC(=O)C(C)CSC/C=C\C/C=C\CC)CCC(=O)OCCOC(=O)C(C)CSC/C=C\C/C=C\CC. The minimum atomic E-state index is -0.468. The van der Waals surface area contributed by atoms with Gasteiger partial charge in [-0.2, -0.15) is 47.0 Å². The fourth-order valence-corrected chi connectivity index (χ4v) is 12.1. The van der Waals surface area contributed by atoms with Crippen molar-refractivity contribution in [3.05, 3.63) is 97.2 Å². The average molecular weight is 1450 g/mol. The smallest absolute Gasteiger partial charge is 0.309 e. The summed E-state index contributed by atoms with van der Waals surface area (Å²) >= 11 is 6.59. The molecule has 23 heteroatoms. The van der Waals surface area contributed by atoms with E-state index in [0.717, 1.165) is 74.4 Å².